The van der Waals surface area contributed by atoms with Crippen molar-refractivity contribution in [3.63, 3.8) is 0 Å². The van der Waals surface area contributed by atoms with Crippen molar-refractivity contribution in [1.82, 2.24) is 0 Å². The van der Waals surface area contributed by atoms with E-state index in [9.17, 15) is 9.59 Å². The lowest BCUT2D eigenvalue weighted by atomic mass is 9.82. The van der Waals surface area contributed by atoms with Crippen LogP contribution in [0.2, 0.25) is 0 Å². The summed E-state index contributed by atoms with van der Waals surface area (Å²) in [4.78, 5) is 22.7. The summed E-state index contributed by atoms with van der Waals surface area (Å²) in [6, 6.07) is 26.1. The van der Waals surface area contributed by atoms with Crippen LogP contribution in [0.25, 0.3) is 44.6 Å². The van der Waals surface area contributed by atoms with Crippen molar-refractivity contribution in [3.05, 3.63) is 107 Å². The zero-order valence-electron chi connectivity index (χ0n) is 26.9. The minimum absolute atomic E-state index is 0.214. The van der Waals surface area contributed by atoms with Gasteiger partial charge in [0.05, 0.1) is 0 Å². The van der Waals surface area contributed by atoms with E-state index in [-0.39, 0.29) is 17.9 Å². The van der Waals surface area contributed by atoms with Gasteiger partial charge in [0.25, 0.3) is 0 Å². The number of esters is 2. The second kappa shape index (κ2) is 11.4. The van der Waals surface area contributed by atoms with Crippen molar-refractivity contribution in [3.8, 4) is 34.1 Å². The Bertz CT molecular complexity index is 2130. The van der Waals surface area contributed by atoms with Gasteiger partial charge in [-0.1, -0.05) is 19.9 Å². The Kier molecular flexibility index (Phi) is 7.31. The molecule has 6 nitrogen and oxygen atoms in total. The van der Waals surface area contributed by atoms with Crippen molar-refractivity contribution in [2.45, 2.75) is 59.8 Å². The van der Waals surface area contributed by atoms with E-state index < -0.39 is 0 Å². The molecular weight excluding hydrogens is 576 g/mol. The number of furan rings is 2. The monoisotopic (exact) mass is 612 g/mol. The molecule has 46 heavy (non-hydrogen) atoms. The van der Waals surface area contributed by atoms with Crippen LogP contribution in [0.1, 0.15) is 73.8 Å². The van der Waals surface area contributed by atoms with Gasteiger partial charge in [-0.15, -0.1) is 0 Å². The molecule has 3 atom stereocenters. The first-order valence-corrected chi connectivity index (χ1v) is 15.8. The summed E-state index contributed by atoms with van der Waals surface area (Å²) in [5.74, 6) is 3.04. The van der Waals surface area contributed by atoms with E-state index in [4.69, 9.17) is 18.3 Å². The van der Waals surface area contributed by atoms with Crippen molar-refractivity contribution >= 4 is 33.9 Å². The molecule has 1 aliphatic carbocycles. The molecule has 2 aromatic heterocycles. The second-order valence-electron chi connectivity index (χ2n) is 12.4. The lowest BCUT2D eigenvalue weighted by molar-refractivity contribution is -0.132. The van der Waals surface area contributed by atoms with Gasteiger partial charge >= 0.3 is 11.9 Å². The fraction of sp³-hybridized carbons (Fsp3) is 0.250. The van der Waals surface area contributed by atoms with E-state index in [1.54, 1.807) is 24.3 Å². The molecule has 1 aliphatic rings. The first-order chi connectivity index (χ1) is 22.1. The van der Waals surface area contributed by atoms with Crippen molar-refractivity contribution in [1.29, 1.82) is 0 Å². The lowest BCUT2D eigenvalue weighted by Crippen LogP contribution is -2.09. The molecule has 0 N–H and O–H groups in total. The predicted octanol–water partition coefficient (Wildman–Crippen LogP) is 10.3. The maximum absolute atomic E-state index is 11.4. The van der Waals surface area contributed by atoms with E-state index in [1.165, 1.54) is 30.5 Å². The summed E-state index contributed by atoms with van der Waals surface area (Å²) < 4.78 is 23.3. The Hall–Kier alpha value is -5.10. The molecule has 2 heterocycles. The fourth-order valence-corrected chi connectivity index (χ4v) is 7.43. The smallest absolute Gasteiger partial charge is 0.308 e. The number of carbonyl (C=O) groups excluding carboxylic acids is 2. The maximum atomic E-state index is 11.4. The van der Waals surface area contributed by atoms with Crippen LogP contribution in [0, 0.1) is 19.8 Å². The highest BCUT2D eigenvalue weighted by molar-refractivity contribution is 5.91. The summed E-state index contributed by atoms with van der Waals surface area (Å²) in [6.45, 7) is 11.6. The summed E-state index contributed by atoms with van der Waals surface area (Å²) >= 11 is 0. The van der Waals surface area contributed by atoms with Gasteiger partial charge in [-0.3, -0.25) is 9.59 Å². The Morgan fingerprint density at radius 3 is 1.72 bits per heavy atom. The molecule has 7 rings (SSSR count). The van der Waals surface area contributed by atoms with Gasteiger partial charge in [0.15, 0.2) is 0 Å². The van der Waals surface area contributed by atoms with Crippen molar-refractivity contribution in [2.24, 2.45) is 5.92 Å². The molecule has 232 valence electrons. The number of ether oxygens (including phenoxy) is 2. The number of benzene rings is 4. The first-order valence-electron chi connectivity index (χ1n) is 15.8. The van der Waals surface area contributed by atoms with E-state index in [2.05, 4.69) is 58.0 Å². The molecule has 3 unspecified atom stereocenters. The average Bonchev–Trinajstić information content (AvgIpc) is 3.63. The number of hydrogen-bond acceptors (Lipinski definition) is 6. The normalized spacial score (nSPS) is 17.4. The topological polar surface area (TPSA) is 78.9 Å². The van der Waals surface area contributed by atoms with Gasteiger partial charge in [0.1, 0.15) is 34.2 Å². The number of rotatable bonds is 6. The third-order valence-corrected chi connectivity index (χ3v) is 9.55. The van der Waals surface area contributed by atoms with Crippen LogP contribution in [0.5, 0.6) is 11.5 Å². The summed E-state index contributed by atoms with van der Waals surface area (Å²) in [7, 11) is 0. The molecule has 0 saturated heterocycles. The van der Waals surface area contributed by atoms with Crippen LogP contribution in [0.3, 0.4) is 0 Å². The highest BCUT2D eigenvalue weighted by atomic mass is 16.5. The first kappa shape index (κ1) is 29.6. The number of hydrogen-bond donors (Lipinski definition) is 0. The Balaban J connectivity index is 1.27. The summed E-state index contributed by atoms with van der Waals surface area (Å²) in [5, 5.41) is 2.23. The second-order valence-corrected chi connectivity index (χ2v) is 12.4. The van der Waals surface area contributed by atoms with E-state index in [0.717, 1.165) is 62.1 Å². The van der Waals surface area contributed by atoms with Crippen LogP contribution in [0.15, 0.2) is 87.7 Å². The zero-order valence-corrected chi connectivity index (χ0v) is 26.9. The highest BCUT2D eigenvalue weighted by Crippen LogP contribution is 2.53. The van der Waals surface area contributed by atoms with Gasteiger partial charge in [0, 0.05) is 52.8 Å². The van der Waals surface area contributed by atoms with Crippen LogP contribution < -0.4 is 9.47 Å². The van der Waals surface area contributed by atoms with Crippen molar-refractivity contribution < 1.29 is 27.9 Å². The third kappa shape index (κ3) is 4.98. The largest absolute Gasteiger partial charge is 0.456 e. The number of aryl methyl sites for hydroxylation is 2. The van der Waals surface area contributed by atoms with Gasteiger partial charge in [0.2, 0.25) is 0 Å². The zero-order chi connectivity index (χ0) is 32.3. The maximum Gasteiger partial charge on any atom is 0.308 e. The Morgan fingerprint density at radius 1 is 0.674 bits per heavy atom. The molecule has 6 aromatic rings. The van der Waals surface area contributed by atoms with Gasteiger partial charge < -0.3 is 18.3 Å². The van der Waals surface area contributed by atoms with Crippen LogP contribution in [-0.4, -0.2) is 11.9 Å². The molecule has 0 spiro atoms. The molecule has 0 saturated carbocycles. The van der Waals surface area contributed by atoms with Crippen molar-refractivity contribution in [2.75, 3.05) is 0 Å². The molecule has 0 radical (unpaired) electrons. The standard InChI is InChI=1S/C40H36O6/c1-7-31-21(2)38(28-12-17-36-32(18-28)22(3)39(45-36)26-8-13-29(14-9-26)43-24(5)41)35-20-37-33(19-34(31)35)23(4)40(46-37)27-10-15-30(16-11-27)44-25(6)42/h8-21,31,38H,7H2,1-6H3. The molecular formula is C40H36O6. The molecule has 6 heteroatoms. The van der Waals surface area contributed by atoms with Gasteiger partial charge in [-0.2, -0.15) is 0 Å². The van der Waals surface area contributed by atoms with Crippen LogP contribution in [0.4, 0.5) is 0 Å². The minimum atomic E-state index is -0.344. The number of fused-ring (bicyclic) bond motifs is 3. The van der Waals surface area contributed by atoms with E-state index in [1.807, 2.05) is 24.3 Å². The summed E-state index contributed by atoms with van der Waals surface area (Å²) in [5.41, 5.74) is 9.77. The predicted molar refractivity (Wildman–Crippen MR) is 179 cm³/mol. The van der Waals surface area contributed by atoms with Crippen LogP contribution in [-0.2, 0) is 9.59 Å². The van der Waals surface area contributed by atoms with Gasteiger partial charge in [-0.05, 0) is 122 Å². The molecule has 0 amide bonds. The molecule has 0 bridgehead atoms. The van der Waals surface area contributed by atoms with E-state index in [0.29, 0.717) is 23.3 Å². The Labute approximate surface area is 267 Å². The fourth-order valence-electron chi connectivity index (χ4n) is 7.43. The SMILES string of the molecule is CCC1c2cc3c(C)c(-c4ccc(OC(C)=O)cc4)oc3cc2C(c2ccc3oc(-c4ccc(OC(C)=O)cc4)c(C)c3c2)C1C. The average molecular weight is 613 g/mol. The van der Waals surface area contributed by atoms with Gasteiger partial charge in [-0.25, -0.2) is 0 Å². The molecule has 0 aliphatic heterocycles. The molecule has 4 aromatic carbocycles. The molecule has 0 fully saturated rings. The minimum Gasteiger partial charge on any atom is -0.456 e. The van der Waals surface area contributed by atoms with E-state index >= 15 is 0 Å². The lowest BCUT2D eigenvalue weighted by Gasteiger charge is -2.21. The third-order valence-electron chi connectivity index (χ3n) is 9.55. The van der Waals surface area contributed by atoms with Crippen LogP contribution >= 0.6 is 0 Å². The summed E-state index contributed by atoms with van der Waals surface area (Å²) in [6.07, 6.45) is 1.05. The number of carbonyl (C=O) groups is 2. The Morgan fingerprint density at radius 2 is 1.20 bits per heavy atom. The highest BCUT2D eigenvalue weighted by Gasteiger charge is 2.39. The quantitative estimate of drug-likeness (QED) is 0.138.